The number of hydrogen-bond acceptors (Lipinski definition) is 4. The summed E-state index contributed by atoms with van der Waals surface area (Å²) >= 11 is 1.52. The molecular weight excluding hydrogens is 322 g/mol. The van der Waals surface area contributed by atoms with E-state index in [1.54, 1.807) is 4.90 Å². The molecule has 0 aliphatic carbocycles. The summed E-state index contributed by atoms with van der Waals surface area (Å²) in [6.45, 7) is 3.97. The zero-order valence-corrected chi connectivity index (χ0v) is 14.7. The predicted molar refractivity (Wildman–Crippen MR) is 95.4 cm³/mol. The molecule has 0 fully saturated rings. The van der Waals surface area contributed by atoms with Gasteiger partial charge < -0.3 is 4.74 Å². The van der Waals surface area contributed by atoms with Crippen molar-refractivity contribution in [1.29, 1.82) is 0 Å². The third-order valence-electron chi connectivity index (χ3n) is 4.02. The van der Waals surface area contributed by atoms with Crippen LogP contribution in [0.3, 0.4) is 0 Å². The van der Waals surface area contributed by atoms with Crippen molar-refractivity contribution in [3.63, 3.8) is 0 Å². The van der Waals surface area contributed by atoms with E-state index in [0.717, 1.165) is 21.7 Å². The van der Waals surface area contributed by atoms with Crippen LogP contribution in [0, 0.1) is 13.8 Å². The Kier molecular flexibility index (Phi) is 4.62. The van der Waals surface area contributed by atoms with Gasteiger partial charge in [-0.2, -0.15) is 0 Å². The molecule has 1 heterocycles. The van der Waals surface area contributed by atoms with Crippen LogP contribution in [0.15, 0.2) is 47.4 Å². The van der Waals surface area contributed by atoms with E-state index in [9.17, 15) is 9.59 Å². The van der Waals surface area contributed by atoms with Gasteiger partial charge in [-0.25, -0.2) is 0 Å². The second-order valence-corrected chi connectivity index (χ2v) is 7.08. The van der Waals surface area contributed by atoms with Gasteiger partial charge in [-0.15, -0.1) is 0 Å². The molecule has 1 amide bonds. The lowest BCUT2D eigenvalue weighted by atomic mass is 10.1. The van der Waals surface area contributed by atoms with Gasteiger partial charge in [0, 0.05) is 10.6 Å². The first-order chi connectivity index (χ1) is 11.5. The molecule has 0 radical (unpaired) electrons. The average Bonchev–Trinajstić information content (AvgIpc) is 2.57. The number of nitrogens with zero attached hydrogens (tertiary/aromatic N) is 1. The van der Waals surface area contributed by atoms with Crippen molar-refractivity contribution in [1.82, 2.24) is 0 Å². The van der Waals surface area contributed by atoms with Crippen LogP contribution in [0.25, 0.3) is 0 Å². The first-order valence-electron chi connectivity index (χ1n) is 7.74. The lowest BCUT2D eigenvalue weighted by Crippen LogP contribution is -2.43. The number of carbonyl (C=O) groups is 2. The molecule has 2 aromatic rings. The van der Waals surface area contributed by atoms with E-state index in [1.807, 2.05) is 56.3 Å². The van der Waals surface area contributed by atoms with Crippen molar-refractivity contribution in [2.75, 3.05) is 12.0 Å². The SMILES string of the molecule is COC(=O)CC1Sc2ccc(C)cc2C(=O)N1c1ccc(C)cc1. The fourth-order valence-electron chi connectivity index (χ4n) is 2.72. The smallest absolute Gasteiger partial charge is 0.308 e. The zero-order chi connectivity index (χ0) is 17.3. The van der Waals surface area contributed by atoms with E-state index in [1.165, 1.54) is 18.9 Å². The highest BCUT2D eigenvalue weighted by atomic mass is 32.2. The molecule has 0 bridgehead atoms. The predicted octanol–water partition coefficient (Wildman–Crippen LogP) is 3.95. The molecule has 4 nitrogen and oxygen atoms in total. The fourth-order valence-corrected chi connectivity index (χ4v) is 3.98. The molecule has 1 unspecified atom stereocenters. The lowest BCUT2D eigenvalue weighted by molar-refractivity contribution is -0.140. The first kappa shape index (κ1) is 16.6. The van der Waals surface area contributed by atoms with Crippen molar-refractivity contribution >= 4 is 29.3 Å². The highest BCUT2D eigenvalue weighted by Crippen LogP contribution is 2.40. The Morgan fingerprint density at radius 2 is 1.79 bits per heavy atom. The van der Waals surface area contributed by atoms with Crippen LogP contribution in [0.5, 0.6) is 0 Å². The van der Waals surface area contributed by atoms with E-state index in [2.05, 4.69) is 0 Å². The summed E-state index contributed by atoms with van der Waals surface area (Å²) < 4.78 is 4.81. The number of ether oxygens (including phenoxy) is 1. The Labute approximate surface area is 145 Å². The lowest BCUT2D eigenvalue weighted by Gasteiger charge is -2.35. The number of carbonyl (C=O) groups excluding carboxylic acids is 2. The molecule has 0 saturated heterocycles. The molecule has 5 heteroatoms. The van der Waals surface area contributed by atoms with E-state index >= 15 is 0 Å². The van der Waals surface area contributed by atoms with Crippen LogP contribution in [0.4, 0.5) is 5.69 Å². The molecular formula is C19H19NO3S. The molecule has 3 rings (SSSR count). The number of hydrogen-bond donors (Lipinski definition) is 0. The van der Waals surface area contributed by atoms with E-state index in [-0.39, 0.29) is 23.7 Å². The monoisotopic (exact) mass is 341 g/mol. The highest BCUT2D eigenvalue weighted by molar-refractivity contribution is 8.00. The van der Waals surface area contributed by atoms with Crippen LogP contribution < -0.4 is 4.90 Å². The van der Waals surface area contributed by atoms with Crippen molar-refractivity contribution in [3.05, 3.63) is 59.2 Å². The Morgan fingerprint density at radius 3 is 2.46 bits per heavy atom. The molecule has 0 N–H and O–H groups in total. The molecule has 124 valence electrons. The number of fused-ring (bicyclic) bond motifs is 1. The molecule has 1 aliphatic rings. The van der Waals surface area contributed by atoms with Crippen LogP contribution in [-0.4, -0.2) is 24.4 Å². The summed E-state index contributed by atoms with van der Waals surface area (Å²) in [5.41, 5.74) is 3.63. The number of benzene rings is 2. The summed E-state index contributed by atoms with van der Waals surface area (Å²) in [7, 11) is 1.37. The van der Waals surface area contributed by atoms with Crippen LogP contribution in [0.2, 0.25) is 0 Å². The van der Waals surface area contributed by atoms with Crippen molar-refractivity contribution < 1.29 is 14.3 Å². The molecule has 1 atom stereocenters. The maximum Gasteiger partial charge on any atom is 0.308 e. The minimum Gasteiger partial charge on any atom is -0.469 e. The van der Waals surface area contributed by atoms with Crippen molar-refractivity contribution in [2.45, 2.75) is 30.5 Å². The average molecular weight is 341 g/mol. The van der Waals surface area contributed by atoms with Gasteiger partial charge in [-0.1, -0.05) is 41.1 Å². The molecule has 1 aliphatic heterocycles. The van der Waals surface area contributed by atoms with Gasteiger partial charge in [-0.05, 0) is 38.1 Å². The Hall–Kier alpha value is -2.27. The summed E-state index contributed by atoms with van der Waals surface area (Å²) in [5, 5.41) is -0.317. The third-order valence-corrected chi connectivity index (χ3v) is 5.28. The van der Waals surface area contributed by atoms with E-state index < -0.39 is 0 Å². The zero-order valence-electron chi connectivity index (χ0n) is 13.9. The standard InChI is InChI=1S/C19H19NO3S/c1-12-4-7-14(8-5-12)20-17(11-18(21)23-3)24-16-9-6-13(2)10-15(16)19(20)22/h4-10,17H,11H2,1-3H3. The number of rotatable bonds is 3. The molecule has 2 aromatic carbocycles. The number of amides is 1. The summed E-state index contributed by atoms with van der Waals surface area (Å²) in [5.74, 6) is -0.404. The largest absolute Gasteiger partial charge is 0.469 e. The van der Waals surface area contributed by atoms with Crippen molar-refractivity contribution in [2.24, 2.45) is 0 Å². The molecule has 0 aromatic heterocycles. The Morgan fingerprint density at radius 1 is 1.12 bits per heavy atom. The van der Waals surface area contributed by atoms with Gasteiger partial charge in [0.1, 0.15) is 0 Å². The van der Waals surface area contributed by atoms with Crippen LogP contribution in [0.1, 0.15) is 27.9 Å². The maximum atomic E-state index is 13.1. The molecule has 24 heavy (non-hydrogen) atoms. The van der Waals surface area contributed by atoms with E-state index in [4.69, 9.17) is 4.74 Å². The quantitative estimate of drug-likeness (QED) is 0.793. The second-order valence-electron chi connectivity index (χ2n) is 5.86. The minimum atomic E-state index is -0.326. The van der Waals surface area contributed by atoms with Gasteiger partial charge in [-0.3, -0.25) is 14.5 Å². The summed E-state index contributed by atoms with van der Waals surface area (Å²) in [4.78, 5) is 27.5. The Balaban J connectivity index is 2.05. The van der Waals surface area contributed by atoms with Gasteiger partial charge in [0.2, 0.25) is 0 Å². The second kappa shape index (κ2) is 6.69. The van der Waals surface area contributed by atoms with Crippen LogP contribution >= 0.6 is 11.8 Å². The normalized spacial score (nSPS) is 16.7. The third kappa shape index (κ3) is 3.17. The van der Waals surface area contributed by atoms with Gasteiger partial charge in [0.25, 0.3) is 5.91 Å². The maximum absolute atomic E-state index is 13.1. The first-order valence-corrected chi connectivity index (χ1v) is 8.62. The van der Waals surface area contributed by atoms with Gasteiger partial charge in [0.05, 0.1) is 24.5 Å². The van der Waals surface area contributed by atoms with Crippen molar-refractivity contribution in [3.8, 4) is 0 Å². The minimum absolute atomic E-state index is 0.0785. The Bertz CT molecular complexity index is 786. The number of aryl methyl sites for hydroxylation is 2. The summed E-state index contributed by atoms with van der Waals surface area (Å²) in [6.07, 6.45) is 0.147. The van der Waals surface area contributed by atoms with E-state index in [0.29, 0.717) is 5.56 Å². The van der Waals surface area contributed by atoms with Gasteiger partial charge >= 0.3 is 5.97 Å². The summed E-state index contributed by atoms with van der Waals surface area (Å²) in [6, 6.07) is 13.6. The number of anilines is 1. The van der Waals surface area contributed by atoms with Crippen LogP contribution in [-0.2, 0) is 9.53 Å². The topological polar surface area (TPSA) is 46.6 Å². The fraction of sp³-hybridized carbons (Fsp3) is 0.263. The van der Waals surface area contributed by atoms with Gasteiger partial charge in [0.15, 0.2) is 0 Å². The highest BCUT2D eigenvalue weighted by Gasteiger charge is 2.35. The molecule has 0 spiro atoms. The number of thioether (sulfide) groups is 1. The number of esters is 1. The molecule has 0 saturated carbocycles. The number of methoxy groups -OCH3 is 1.